The maximum Gasteiger partial charge on any atom is 0.192 e. The summed E-state index contributed by atoms with van der Waals surface area (Å²) in [6, 6.07) is 33.6. The minimum atomic E-state index is 0.723. The minimum Gasteiger partial charge on any atom is -0.298 e. The average Bonchev–Trinajstić information content (AvgIpc) is 3.27. The lowest BCUT2D eigenvalue weighted by Crippen LogP contribution is -2.04. The zero-order valence-electron chi connectivity index (χ0n) is 17.5. The number of pyridine rings is 1. The van der Waals surface area contributed by atoms with Crippen LogP contribution in [0.25, 0.3) is 22.5 Å². The van der Waals surface area contributed by atoms with Gasteiger partial charge in [0.1, 0.15) is 0 Å². The van der Waals surface area contributed by atoms with Gasteiger partial charge in [0.25, 0.3) is 0 Å². The Hall–Kier alpha value is -3.70. The molecule has 5 heteroatoms. The Morgan fingerprint density at radius 2 is 1.25 bits per heavy atom. The van der Waals surface area contributed by atoms with Gasteiger partial charge in [-0.1, -0.05) is 96.7 Å². The van der Waals surface area contributed by atoms with Crippen LogP contribution in [0.3, 0.4) is 0 Å². The molecule has 4 nitrogen and oxygen atoms in total. The second kappa shape index (κ2) is 9.62. The quantitative estimate of drug-likeness (QED) is 0.280. The van der Waals surface area contributed by atoms with Crippen LogP contribution in [0.4, 0.5) is 0 Å². The van der Waals surface area contributed by atoms with Crippen molar-refractivity contribution < 1.29 is 0 Å². The van der Waals surface area contributed by atoms with Crippen molar-refractivity contribution in [2.75, 3.05) is 0 Å². The maximum absolute atomic E-state index is 4.52. The summed E-state index contributed by atoms with van der Waals surface area (Å²) in [6.07, 6.45) is 3.58. The fraction of sp³-hybridized carbons (Fsp3) is 0.0741. The molecule has 0 saturated heterocycles. The first-order valence-corrected chi connectivity index (χ1v) is 11.5. The molecular weight excluding hydrogens is 412 g/mol. The molecule has 2 heterocycles. The largest absolute Gasteiger partial charge is 0.298 e. The number of aromatic nitrogens is 4. The Morgan fingerprint density at radius 3 is 1.97 bits per heavy atom. The van der Waals surface area contributed by atoms with Crippen LogP contribution in [0.1, 0.15) is 11.1 Å². The molecule has 0 atom stereocenters. The topological polar surface area (TPSA) is 43.6 Å². The molecule has 32 heavy (non-hydrogen) atoms. The smallest absolute Gasteiger partial charge is 0.192 e. The lowest BCUT2D eigenvalue weighted by molar-refractivity contribution is 0.714. The first kappa shape index (κ1) is 20.2. The number of benzene rings is 3. The van der Waals surface area contributed by atoms with Crippen LogP contribution in [0.2, 0.25) is 0 Å². The SMILES string of the molecule is c1ccc(Cn2c(SCc3ccc(-c4ccccc4)cc3)nnc2-c2ccncc2)cc1. The first-order chi connectivity index (χ1) is 15.9. The van der Waals surface area contributed by atoms with Crippen molar-refractivity contribution in [3.8, 4) is 22.5 Å². The molecule has 0 unspecified atom stereocenters. The highest BCUT2D eigenvalue weighted by atomic mass is 32.2. The van der Waals surface area contributed by atoms with Gasteiger partial charge in [-0.3, -0.25) is 9.55 Å². The van der Waals surface area contributed by atoms with Crippen LogP contribution in [-0.2, 0) is 12.3 Å². The van der Waals surface area contributed by atoms with Crippen LogP contribution in [0.5, 0.6) is 0 Å². The van der Waals surface area contributed by atoms with Gasteiger partial charge in [-0.05, 0) is 34.4 Å². The Kier molecular flexibility index (Phi) is 6.08. The second-order valence-corrected chi connectivity index (χ2v) is 8.41. The highest BCUT2D eigenvalue weighted by Gasteiger charge is 2.15. The molecule has 3 aromatic carbocycles. The summed E-state index contributed by atoms with van der Waals surface area (Å²) in [5.74, 6) is 1.69. The first-order valence-electron chi connectivity index (χ1n) is 10.5. The molecular formula is C27H22N4S. The van der Waals surface area contributed by atoms with E-state index in [1.54, 1.807) is 24.2 Å². The Bertz CT molecular complexity index is 1270. The summed E-state index contributed by atoms with van der Waals surface area (Å²) in [4.78, 5) is 4.13. The zero-order valence-corrected chi connectivity index (χ0v) is 18.3. The molecule has 0 amide bonds. The maximum atomic E-state index is 4.52. The molecule has 156 valence electrons. The van der Waals surface area contributed by atoms with Gasteiger partial charge in [-0.25, -0.2) is 0 Å². The van der Waals surface area contributed by atoms with Crippen molar-refractivity contribution in [2.24, 2.45) is 0 Å². The van der Waals surface area contributed by atoms with Crippen molar-refractivity contribution in [1.82, 2.24) is 19.7 Å². The van der Waals surface area contributed by atoms with Gasteiger partial charge in [0.05, 0.1) is 6.54 Å². The standard InChI is InChI=1S/C27H22N4S/c1-3-7-21(8-4-1)19-31-26(25-15-17-28-18-16-25)29-30-27(31)32-20-22-11-13-24(14-12-22)23-9-5-2-6-10-23/h1-18H,19-20H2. The van der Waals surface area contributed by atoms with E-state index in [9.17, 15) is 0 Å². The number of nitrogens with zero attached hydrogens (tertiary/aromatic N) is 4. The fourth-order valence-electron chi connectivity index (χ4n) is 3.59. The molecule has 5 rings (SSSR count). The Labute approximate surface area is 192 Å². The molecule has 0 N–H and O–H groups in total. The van der Waals surface area contributed by atoms with Gasteiger partial charge >= 0.3 is 0 Å². The predicted molar refractivity (Wildman–Crippen MR) is 130 cm³/mol. The van der Waals surface area contributed by atoms with Gasteiger partial charge in [-0.2, -0.15) is 0 Å². The number of rotatable bonds is 7. The molecule has 0 aliphatic rings. The van der Waals surface area contributed by atoms with Crippen molar-refractivity contribution in [1.29, 1.82) is 0 Å². The van der Waals surface area contributed by atoms with Crippen LogP contribution in [-0.4, -0.2) is 19.7 Å². The van der Waals surface area contributed by atoms with E-state index in [0.717, 1.165) is 28.8 Å². The summed E-state index contributed by atoms with van der Waals surface area (Å²) >= 11 is 1.71. The molecule has 5 aromatic rings. The van der Waals surface area contributed by atoms with Gasteiger partial charge in [0.2, 0.25) is 0 Å². The van der Waals surface area contributed by atoms with E-state index in [1.807, 2.05) is 24.3 Å². The molecule has 2 aromatic heterocycles. The van der Waals surface area contributed by atoms with Crippen LogP contribution in [0, 0.1) is 0 Å². The monoisotopic (exact) mass is 434 g/mol. The Balaban J connectivity index is 1.38. The van der Waals surface area contributed by atoms with Crippen molar-refractivity contribution in [3.63, 3.8) is 0 Å². The summed E-state index contributed by atoms with van der Waals surface area (Å²) < 4.78 is 2.19. The fourth-order valence-corrected chi connectivity index (χ4v) is 4.48. The van der Waals surface area contributed by atoms with E-state index >= 15 is 0 Å². The van der Waals surface area contributed by atoms with E-state index in [0.29, 0.717) is 0 Å². The zero-order chi connectivity index (χ0) is 21.6. The number of thioether (sulfide) groups is 1. The summed E-state index contributed by atoms with van der Waals surface area (Å²) in [6.45, 7) is 0.723. The number of hydrogen-bond acceptors (Lipinski definition) is 4. The third-order valence-corrected chi connectivity index (χ3v) is 6.31. The van der Waals surface area contributed by atoms with Crippen LogP contribution >= 0.6 is 11.8 Å². The molecule has 0 radical (unpaired) electrons. The molecule has 0 fully saturated rings. The normalized spacial score (nSPS) is 10.9. The van der Waals surface area contributed by atoms with Gasteiger partial charge < -0.3 is 0 Å². The minimum absolute atomic E-state index is 0.723. The summed E-state index contributed by atoms with van der Waals surface area (Å²) in [7, 11) is 0. The van der Waals surface area contributed by atoms with E-state index in [1.165, 1.54) is 22.3 Å². The molecule has 0 spiro atoms. The van der Waals surface area contributed by atoms with Gasteiger partial charge in [0.15, 0.2) is 11.0 Å². The predicted octanol–water partition coefficient (Wildman–Crippen LogP) is 6.35. The third kappa shape index (κ3) is 4.63. The Morgan fingerprint density at radius 1 is 0.594 bits per heavy atom. The third-order valence-electron chi connectivity index (χ3n) is 5.27. The highest BCUT2D eigenvalue weighted by Crippen LogP contribution is 2.28. The summed E-state index contributed by atoms with van der Waals surface area (Å²) in [5.41, 5.74) is 5.96. The van der Waals surface area contributed by atoms with E-state index in [4.69, 9.17) is 0 Å². The average molecular weight is 435 g/mol. The number of hydrogen-bond donors (Lipinski definition) is 0. The highest BCUT2D eigenvalue weighted by molar-refractivity contribution is 7.98. The lowest BCUT2D eigenvalue weighted by Gasteiger charge is -2.11. The van der Waals surface area contributed by atoms with Gasteiger partial charge in [0, 0.05) is 23.7 Å². The van der Waals surface area contributed by atoms with E-state index in [2.05, 4.69) is 92.5 Å². The molecule has 0 saturated carbocycles. The van der Waals surface area contributed by atoms with E-state index in [-0.39, 0.29) is 0 Å². The lowest BCUT2D eigenvalue weighted by atomic mass is 10.0. The van der Waals surface area contributed by atoms with Crippen molar-refractivity contribution >= 4 is 11.8 Å². The van der Waals surface area contributed by atoms with Crippen LogP contribution in [0.15, 0.2) is 115 Å². The van der Waals surface area contributed by atoms with Crippen LogP contribution < -0.4 is 0 Å². The van der Waals surface area contributed by atoms with Crippen molar-refractivity contribution in [3.05, 3.63) is 121 Å². The molecule has 0 bridgehead atoms. The van der Waals surface area contributed by atoms with E-state index < -0.39 is 0 Å². The summed E-state index contributed by atoms with van der Waals surface area (Å²) in [5, 5.41) is 9.95. The molecule has 0 aliphatic heterocycles. The van der Waals surface area contributed by atoms with Crippen molar-refractivity contribution in [2.45, 2.75) is 17.5 Å². The molecule has 0 aliphatic carbocycles. The second-order valence-electron chi connectivity index (χ2n) is 7.47. The van der Waals surface area contributed by atoms with Gasteiger partial charge in [-0.15, -0.1) is 10.2 Å².